The van der Waals surface area contributed by atoms with Gasteiger partial charge >= 0.3 is 0 Å². The molecule has 11 aromatic rings. The van der Waals surface area contributed by atoms with E-state index in [1.165, 1.54) is 90.2 Å². The number of benzene rings is 8. The fraction of sp³-hybridized carbons (Fsp3) is 0.138. The molecule has 0 aliphatic carbocycles. The first kappa shape index (κ1) is 39.0. The van der Waals surface area contributed by atoms with E-state index in [1.807, 2.05) is 22.7 Å². The van der Waals surface area contributed by atoms with E-state index in [1.54, 1.807) is 0 Å². The molecule has 0 unspecified atom stereocenters. The fourth-order valence-corrected chi connectivity index (χ4v) is 12.3. The minimum atomic E-state index is 0.0352. The third-order valence-corrected chi connectivity index (χ3v) is 15.6. The second-order valence-electron chi connectivity index (χ2n) is 19.5. The Labute approximate surface area is 383 Å². The number of fused-ring (bicyclic) bond motifs is 10. The van der Waals surface area contributed by atoms with Crippen LogP contribution in [0.4, 0.5) is 28.4 Å². The summed E-state index contributed by atoms with van der Waals surface area (Å²) >= 11 is 3.86. The van der Waals surface area contributed by atoms with Crippen molar-refractivity contribution in [2.24, 2.45) is 0 Å². The third kappa shape index (κ3) is 6.29. The van der Waals surface area contributed by atoms with Crippen LogP contribution in [0.15, 0.2) is 170 Å². The third-order valence-electron chi connectivity index (χ3n) is 13.3. The molecule has 4 heterocycles. The number of thiophene rings is 2. The van der Waals surface area contributed by atoms with Crippen molar-refractivity contribution < 1.29 is 0 Å². The second kappa shape index (κ2) is 14.5. The minimum Gasteiger partial charge on any atom is -0.355 e. The van der Waals surface area contributed by atoms with E-state index in [-0.39, 0.29) is 10.8 Å². The predicted molar refractivity (Wildman–Crippen MR) is 283 cm³/mol. The molecule has 8 aromatic carbocycles. The Morgan fingerprint density at radius 1 is 0.484 bits per heavy atom. The Kier molecular flexibility index (Phi) is 8.82. The van der Waals surface area contributed by atoms with Crippen molar-refractivity contribution >= 4 is 121 Å². The number of aromatic nitrogens is 1. The number of nitrogens with one attached hydrogen (secondary N) is 1. The summed E-state index contributed by atoms with van der Waals surface area (Å²) in [5, 5.41) is 10.6. The highest BCUT2D eigenvalue weighted by molar-refractivity contribution is 7.29. The van der Waals surface area contributed by atoms with Gasteiger partial charge in [-0.25, -0.2) is 0 Å². The van der Waals surface area contributed by atoms with Crippen molar-refractivity contribution in [3.63, 3.8) is 0 Å². The maximum Gasteiger partial charge on any atom is 0.211 e. The molecule has 1 N–H and O–H groups in total. The van der Waals surface area contributed by atoms with Crippen molar-refractivity contribution in [2.75, 3.05) is 10.2 Å². The van der Waals surface area contributed by atoms with E-state index in [4.69, 9.17) is 0 Å². The van der Waals surface area contributed by atoms with Gasteiger partial charge in [0.1, 0.15) is 0 Å². The molecule has 6 heteroatoms. The largest absolute Gasteiger partial charge is 0.355 e. The summed E-state index contributed by atoms with van der Waals surface area (Å²) in [7, 11) is 0.852. The van der Waals surface area contributed by atoms with E-state index in [9.17, 15) is 0 Å². The van der Waals surface area contributed by atoms with Crippen molar-refractivity contribution in [3.05, 3.63) is 181 Å². The average molecular weight is 862 g/mol. The van der Waals surface area contributed by atoms with Crippen LogP contribution in [0.2, 0.25) is 0 Å². The zero-order valence-corrected chi connectivity index (χ0v) is 38.7. The van der Waals surface area contributed by atoms with Crippen molar-refractivity contribution in [1.29, 1.82) is 0 Å². The number of hydrogen-bond acceptors (Lipinski definition) is 4. The molecule has 0 fully saturated rings. The van der Waals surface area contributed by atoms with Gasteiger partial charge in [0.15, 0.2) is 0 Å². The quantitative estimate of drug-likeness (QED) is 0.168. The zero-order valence-electron chi connectivity index (χ0n) is 37.1. The fourth-order valence-electron chi connectivity index (χ4n) is 9.99. The molecule has 1 aliphatic heterocycles. The summed E-state index contributed by atoms with van der Waals surface area (Å²) < 4.78 is 8.08. The molecule has 0 saturated heterocycles. The predicted octanol–water partition coefficient (Wildman–Crippen LogP) is 15.5. The second-order valence-corrected chi connectivity index (χ2v) is 21.7. The smallest absolute Gasteiger partial charge is 0.211 e. The number of anilines is 5. The summed E-state index contributed by atoms with van der Waals surface area (Å²) in [6.07, 6.45) is 0. The van der Waals surface area contributed by atoms with Crippen molar-refractivity contribution in [2.45, 2.75) is 52.4 Å². The van der Waals surface area contributed by atoms with Crippen LogP contribution in [0, 0.1) is 0 Å². The molecule has 0 spiro atoms. The van der Waals surface area contributed by atoms with Gasteiger partial charge in [0.2, 0.25) is 7.28 Å². The number of rotatable bonds is 6. The van der Waals surface area contributed by atoms with Crippen LogP contribution in [0.3, 0.4) is 0 Å². The van der Waals surface area contributed by atoms with Crippen LogP contribution in [-0.4, -0.2) is 11.8 Å². The number of para-hydroxylation sites is 2. The molecule has 64 heavy (non-hydrogen) atoms. The van der Waals surface area contributed by atoms with Crippen LogP contribution in [0.1, 0.15) is 52.7 Å². The van der Waals surface area contributed by atoms with E-state index < -0.39 is 0 Å². The number of nitrogens with zero attached hydrogens (tertiary/aromatic N) is 2. The molecule has 0 saturated carbocycles. The molecule has 0 atom stereocenters. The highest BCUT2D eigenvalue weighted by atomic mass is 32.1. The van der Waals surface area contributed by atoms with Crippen LogP contribution >= 0.6 is 22.7 Å². The van der Waals surface area contributed by atoms with E-state index in [2.05, 4.69) is 226 Å². The summed E-state index contributed by atoms with van der Waals surface area (Å²) in [6, 6.07) is 63.3. The lowest BCUT2D eigenvalue weighted by atomic mass is 9.63. The van der Waals surface area contributed by atoms with Gasteiger partial charge in [0.05, 0.1) is 11.2 Å². The van der Waals surface area contributed by atoms with E-state index >= 15 is 0 Å². The van der Waals surface area contributed by atoms with E-state index in [0.717, 1.165) is 35.7 Å². The molecule has 0 amide bonds. The van der Waals surface area contributed by atoms with Crippen LogP contribution in [0.25, 0.3) is 68.9 Å². The zero-order chi connectivity index (χ0) is 43.5. The molecule has 0 bridgehead atoms. The molecular formula is C58H48BN3S2. The first-order chi connectivity index (χ1) is 31.0. The monoisotopic (exact) mass is 861 g/mol. The van der Waals surface area contributed by atoms with Gasteiger partial charge in [-0.2, -0.15) is 0 Å². The maximum atomic E-state index is 3.93. The standard InChI is InChI=1S/C58H48BN3S2/c1-57(2,3)35-21-24-37(25-22-35)60-48-29-26-40(61(38-15-9-7-10-16-38)39-17-11-8-12-18-39)32-44(48)42-27-28-43-45-34-52-46(41-19-13-14-20-50(41)63-52)33-49(45)62-54(43)53(42)59-56-55(62)47-31-36(58(4,5)6)23-30-51(47)64-56/h7-34,59-60H,1-6H3. The van der Waals surface area contributed by atoms with Crippen LogP contribution in [0.5, 0.6) is 0 Å². The topological polar surface area (TPSA) is 20.2 Å². The molecule has 0 radical (unpaired) electrons. The average Bonchev–Trinajstić information content (AvgIpc) is 3.96. The summed E-state index contributed by atoms with van der Waals surface area (Å²) in [5.74, 6) is 0. The van der Waals surface area contributed by atoms with Crippen LogP contribution < -0.4 is 20.5 Å². The first-order valence-corrected chi connectivity index (χ1v) is 24.0. The van der Waals surface area contributed by atoms with Gasteiger partial charge in [-0.1, -0.05) is 126 Å². The molecule has 12 rings (SSSR count). The lowest BCUT2D eigenvalue weighted by Gasteiger charge is -2.27. The molecule has 1 aliphatic rings. The van der Waals surface area contributed by atoms with Crippen LogP contribution in [-0.2, 0) is 10.8 Å². The Morgan fingerprint density at radius 2 is 1.16 bits per heavy atom. The SMILES string of the molecule is CC(C)(C)c1ccc(Nc2ccc(N(c3ccccc3)c3ccccc3)cc2-c2ccc3c4cc5sc6ccccc6c5cc4n4c3c2Bc2sc3ccc(C(C)(C)C)cc3c2-4)cc1. The Morgan fingerprint density at radius 3 is 1.88 bits per heavy atom. The highest BCUT2D eigenvalue weighted by Gasteiger charge is 2.31. The first-order valence-electron chi connectivity index (χ1n) is 22.4. The molecular weight excluding hydrogens is 814 g/mol. The van der Waals surface area contributed by atoms with Crippen molar-refractivity contribution in [3.8, 4) is 16.8 Å². The van der Waals surface area contributed by atoms with Gasteiger partial charge < -0.3 is 14.8 Å². The Hall–Kier alpha value is -6.60. The lowest BCUT2D eigenvalue weighted by Crippen LogP contribution is -2.35. The van der Waals surface area contributed by atoms with Gasteiger partial charge in [-0.3, -0.25) is 0 Å². The molecule has 3 aromatic heterocycles. The highest BCUT2D eigenvalue weighted by Crippen LogP contribution is 2.46. The number of hydrogen-bond donors (Lipinski definition) is 1. The Bertz CT molecular complexity index is 3580. The molecule has 3 nitrogen and oxygen atoms in total. The van der Waals surface area contributed by atoms with Gasteiger partial charge in [-0.15, -0.1) is 22.7 Å². The summed E-state index contributed by atoms with van der Waals surface area (Å²) in [4.78, 5) is 2.38. The molecule has 310 valence electrons. The Balaban J connectivity index is 1.14. The normalized spacial score (nSPS) is 12.7. The van der Waals surface area contributed by atoms with E-state index in [0.29, 0.717) is 0 Å². The summed E-state index contributed by atoms with van der Waals surface area (Å²) in [6.45, 7) is 13.8. The summed E-state index contributed by atoms with van der Waals surface area (Å²) in [5.41, 5.74) is 16.0. The lowest BCUT2D eigenvalue weighted by molar-refractivity contribution is 0.590. The van der Waals surface area contributed by atoms with Gasteiger partial charge in [0, 0.05) is 80.5 Å². The minimum absolute atomic E-state index is 0.0352. The van der Waals surface area contributed by atoms with Gasteiger partial charge in [-0.05, 0) is 123 Å². The van der Waals surface area contributed by atoms with Gasteiger partial charge in [0.25, 0.3) is 0 Å². The van der Waals surface area contributed by atoms with Crippen molar-refractivity contribution in [1.82, 2.24) is 4.57 Å². The maximum absolute atomic E-state index is 3.93.